The molecular weight excluding hydrogens is 267 g/mol. The van der Waals surface area contributed by atoms with Gasteiger partial charge in [0.05, 0.1) is 16.9 Å². The number of carbonyl (C=O) groups is 1. The average Bonchev–Trinajstić information content (AvgIpc) is 2.81. The number of aromatic nitrogens is 1. The molecule has 0 aliphatic heterocycles. The van der Waals surface area contributed by atoms with Crippen LogP contribution in [-0.4, -0.2) is 10.9 Å². The summed E-state index contributed by atoms with van der Waals surface area (Å²) >= 11 is 0. The number of hydrogen-bond donors (Lipinski definition) is 0. The number of hydrogen-bond acceptors (Lipinski definition) is 1. The van der Waals surface area contributed by atoms with E-state index in [9.17, 15) is 18.0 Å². The summed E-state index contributed by atoms with van der Waals surface area (Å²) in [6.45, 7) is 3.74. The highest BCUT2D eigenvalue weighted by atomic mass is 19.4. The smallest absolute Gasteiger partial charge is 0.310 e. The van der Waals surface area contributed by atoms with Gasteiger partial charge < -0.3 is 4.57 Å². The first-order valence-electron chi connectivity index (χ1n) is 6.19. The molecule has 0 N–H and O–H groups in total. The van der Waals surface area contributed by atoms with Crippen LogP contribution < -0.4 is 0 Å². The van der Waals surface area contributed by atoms with Gasteiger partial charge in [0.1, 0.15) is 0 Å². The molecule has 2 nitrogen and oxygen atoms in total. The van der Waals surface area contributed by atoms with Crippen LogP contribution in [0.2, 0.25) is 0 Å². The zero-order valence-corrected chi connectivity index (χ0v) is 11.1. The van der Waals surface area contributed by atoms with Crippen LogP contribution in [0.1, 0.15) is 41.5 Å². The van der Waals surface area contributed by atoms with Gasteiger partial charge in [0.15, 0.2) is 6.29 Å². The van der Waals surface area contributed by atoms with E-state index in [1.807, 2.05) is 13.8 Å². The second kappa shape index (κ2) is 5.15. The predicted molar refractivity (Wildman–Crippen MR) is 70.2 cm³/mol. The summed E-state index contributed by atoms with van der Waals surface area (Å²) in [4.78, 5) is 11.1. The Labute approximate surface area is 114 Å². The number of alkyl halides is 3. The van der Waals surface area contributed by atoms with Crippen molar-refractivity contribution in [2.45, 2.75) is 25.9 Å². The summed E-state index contributed by atoms with van der Waals surface area (Å²) < 4.78 is 40.7. The van der Waals surface area contributed by atoms with Crippen molar-refractivity contribution in [2.24, 2.45) is 0 Å². The van der Waals surface area contributed by atoms with E-state index in [0.717, 1.165) is 6.07 Å². The molecule has 0 aliphatic rings. The van der Waals surface area contributed by atoms with Gasteiger partial charge in [0.2, 0.25) is 0 Å². The van der Waals surface area contributed by atoms with Gasteiger partial charge in [-0.15, -0.1) is 0 Å². The topological polar surface area (TPSA) is 22.0 Å². The molecule has 0 aliphatic carbocycles. The summed E-state index contributed by atoms with van der Waals surface area (Å²) in [6, 6.07) is 8.49. The first kappa shape index (κ1) is 14.4. The van der Waals surface area contributed by atoms with Crippen LogP contribution in [-0.2, 0) is 6.18 Å². The lowest BCUT2D eigenvalue weighted by Gasteiger charge is -2.18. The Balaban J connectivity index is 2.75. The molecule has 0 amide bonds. The van der Waals surface area contributed by atoms with Crippen LogP contribution in [0.3, 0.4) is 0 Å². The van der Waals surface area contributed by atoms with Crippen molar-refractivity contribution in [1.29, 1.82) is 0 Å². The Hall–Kier alpha value is -2.04. The van der Waals surface area contributed by atoms with Gasteiger partial charge in [-0.05, 0) is 30.2 Å². The monoisotopic (exact) mass is 281 g/mol. The fraction of sp³-hybridized carbons (Fsp3) is 0.267. The maximum atomic E-state index is 13.1. The Bertz CT molecular complexity index is 626. The zero-order valence-electron chi connectivity index (χ0n) is 11.1. The van der Waals surface area contributed by atoms with Gasteiger partial charge in [0.25, 0.3) is 0 Å². The number of carbonyl (C=O) groups excluding carboxylic acids is 1. The second-order valence-electron chi connectivity index (χ2n) is 4.81. The fourth-order valence-corrected chi connectivity index (χ4v) is 2.20. The Morgan fingerprint density at radius 1 is 1.10 bits per heavy atom. The van der Waals surface area contributed by atoms with Crippen molar-refractivity contribution in [1.82, 2.24) is 4.57 Å². The van der Waals surface area contributed by atoms with Crippen LogP contribution in [0.15, 0.2) is 36.4 Å². The molecule has 106 valence electrons. The van der Waals surface area contributed by atoms with Crippen molar-refractivity contribution >= 4 is 6.29 Å². The van der Waals surface area contributed by atoms with Crippen LogP contribution in [0.5, 0.6) is 0 Å². The van der Waals surface area contributed by atoms with Crippen molar-refractivity contribution < 1.29 is 18.0 Å². The molecule has 0 saturated carbocycles. The summed E-state index contributed by atoms with van der Waals surface area (Å²) in [5.41, 5.74) is 0.117. The van der Waals surface area contributed by atoms with Crippen molar-refractivity contribution in [2.75, 3.05) is 0 Å². The largest absolute Gasteiger partial charge is 0.418 e. The van der Waals surface area contributed by atoms with E-state index in [2.05, 4.69) is 0 Å². The lowest BCUT2D eigenvalue weighted by molar-refractivity contribution is -0.137. The third-order valence-electron chi connectivity index (χ3n) is 3.10. The predicted octanol–water partition coefficient (Wildman–Crippen LogP) is 4.43. The van der Waals surface area contributed by atoms with Gasteiger partial charge in [-0.3, -0.25) is 4.79 Å². The molecule has 5 heteroatoms. The van der Waals surface area contributed by atoms with Crippen molar-refractivity contribution in [3.05, 3.63) is 53.3 Å². The van der Waals surface area contributed by atoms with E-state index in [0.29, 0.717) is 12.0 Å². The van der Waals surface area contributed by atoms with Gasteiger partial charge in [0, 0.05) is 5.69 Å². The lowest BCUT2D eigenvalue weighted by atomic mass is 10.1. The SMILES string of the molecule is CC(C)c1ccc(C=O)n1-c1ccccc1C(F)(F)F. The summed E-state index contributed by atoms with van der Waals surface area (Å²) in [5.74, 6) is 0.00462. The molecule has 1 heterocycles. The number of benzene rings is 1. The highest BCUT2D eigenvalue weighted by Crippen LogP contribution is 2.35. The molecular formula is C15H14F3NO. The molecule has 1 aromatic carbocycles. The molecule has 0 atom stereocenters. The Morgan fingerprint density at radius 3 is 2.30 bits per heavy atom. The Kier molecular flexibility index (Phi) is 3.70. The van der Waals surface area contributed by atoms with Gasteiger partial charge in [-0.2, -0.15) is 13.2 Å². The number of nitrogens with zero attached hydrogens (tertiary/aromatic N) is 1. The Morgan fingerprint density at radius 2 is 1.75 bits per heavy atom. The van der Waals surface area contributed by atoms with Crippen LogP contribution in [0.4, 0.5) is 13.2 Å². The molecule has 0 spiro atoms. The van der Waals surface area contributed by atoms with Crippen LogP contribution in [0, 0.1) is 0 Å². The zero-order chi connectivity index (χ0) is 14.9. The minimum absolute atomic E-state index is 0.00462. The highest BCUT2D eigenvalue weighted by molar-refractivity contribution is 5.75. The number of rotatable bonds is 3. The third-order valence-corrected chi connectivity index (χ3v) is 3.10. The van der Waals surface area contributed by atoms with E-state index < -0.39 is 11.7 Å². The minimum atomic E-state index is -4.46. The molecule has 1 aromatic heterocycles. The fourth-order valence-electron chi connectivity index (χ4n) is 2.20. The van der Waals surface area contributed by atoms with Gasteiger partial charge in [-0.25, -0.2) is 0 Å². The summed E-state index contributed by atoms with van der Waals surface area (Å²) in [6.07, 6.45) is -3.89. The van der Waals surface area contributed by atoms with E-state index in [1.54, 1.807) is 6.07 Å². The van der Waals surface area contributed by atoms with Gasteiger partial charge >= 0.3 is 6.18 Å². The molecule has 0 bridgehead atoms. The maximum Gasteiger partial charge on any atom is 0.418 e. The molecule has 2 aromatic rings. The maximum absolute atomic E-state index is 13.1. The van der Waals surface area contributed by atoms with Gasteiger partial charge in [-0.1, -0.05) is 26.0 Å². The normalized spacial score (nSPS) is 11.9. The number of aldehydes is 1. The second-order valence-corrected chi connectivity index (χ2v) is 4.81. The molecule has 0 saturated heterocycles. The van der Waals surface area contributed by atoms with E-state index in [-0.39, 0.29) is 17.3 Å². The molecule has 2 rings (SSSR count). The quantitative estimate of drug-likeness (QED) is 0.763. The van der Waals surface area contributed by atoms with Crippen molar-refractivity contribution in [3.8, 4) is 5.69 Å². The first-order valence-corrected chi connectivity index (χ1v) is 6.19. The molecule has 0 radical (unpaired) electrons. The minimum Gasteiger partial charge on any atom is -0.310 e. The van der Waals surface area contributed by atoms with E-state index in [1.165, 1.54) is 28.8 Å². The molecule has 0 fully saturated rings. The molecule has 0 unspecified atom stereocenters. The van der Waals surface area contributed by atoms with Crippen LogP contribution >= 0.6 is 0 Å². The first-order chi connectivity index (χ1) is 9.36. The summed E-state index contributed by atoms with van der Waals surface area (Å²) in [5, 5.41) is 0. The lowest BCUT2D eigenvalue weighted by Crippen LogP contribution is -2.14. The highest BCUT2D eigenvalue weighted by Gasteiger charge is 2.34. The van der Waals surface area contributed by atoms with Crippen molar-refractivity contribution in [3.63, 3.8) is 0 Å². The van der Waals surface area contributed by atoms with E-state index >= 15 is 0 Å². The standard InChI is InChI=1S/C15H14F3NO/c1-10(2)13-8-7-11(9-20)19(13)14-6-4-3-5-12(14)15(16,17)18/h3-10H,1-2H3. The van der Waals surface area contributed by atoms with E-state index in [4.69, 9.17) is 0 Å². The average molecular weight is 281 g/mol. The number of para-hydroxylation sites is 1. The molecule has 20 heavy (non-hydrogen) atoms. The number of halogens is 3. The summed E-state index contributed by atoms with van der Waals surface area (Å²) in [7, 11) is 0. The van der Waals surface area contributed by atoms with Crippen LogP contribution in [0.25, 0.3) is 5.69 Å². The third kappa shape index (κ3) is 2.48.